The first kappa shape index (κ1) is 12.8. The Morgan fingerprint density at radius 1 is 1.50 bits per heavy atom. The van der Waals surface area contributed by atoms with Gasteiger partial charge in [0.15, 0.2) is 0 Å². The molecule has 16 heavy (non-hydrogen) atoms. The van der Waals surface area contributed by atoms with Crippen molar-refractivity contribution in [3.05, 3.63) is 24.0 Å². The molecule has 1 unspecified atom stereocenters. The summed E-state index contributed by atoms with van der Waals surface area (Å²) in [7, 11) is 0. The molecule has 88 valence electrons. The van der Waals surface area contributed by atoms with Gasteiger partial charge >= 0.3 is 0 Å². The summed E-state index contributed by atoms with van der Waals surface area (Å²) in [5, 5.41) is 18.2. The van der Waals surface area contributed by atoms with Gasteiger partial charge in [0.2, 0.25) is 0 Å². The molecule has 0 radical (unpaired) electrons. The highest BCUT2D eigenvalue weighted by molar-refractivity contribution is 5.13. The van der Waals surface area contributed by atoms with Crippen LogP contribution in [0.2, 0.25) is 0 Å². The quantitative estimate of drug-likeness (QED) is 0.718. The van der Waals surface area contributed by atoms with E-state index in [2.05, 4.69) is 17.6 Å². The maximum atomic E-state index is 9.79. The fourth-order valence-electron chi connectivity index (χ4n) is 1.73. The van der Waals surface area contributed by atoms with Crippen molar-refractivity contribution in [3.8, 4) is 6.07 Å². The Labute approximate surface area is 97.3 Å². The lowest BCUT2D eigenvalue weighted by atomic mass is 10.1. The monoisotopic (exact) mass is 220 g/mol. The Morgan fingerprint density at radius 3 is 3.00 bits per heavy atom. The molecule has 1 aromatic heterocycles. The number of hydrogen-bond donors (Lipinski definition) is 1. The molecule has 1 rings (SSSR count). The molecule has 3 nitrogen and oxygen atoms in total. The summed E-state index contributed by atoms with van der Waals surface area (Å²) in [4.78, 5) is 0. The highest BCUT2D eigenvalue weighted by Crippen LogP contribution is 2.18. The van der Waals surface area contributed by atoms with Crippen LogP contribution in [0.25, 0.3) is 0 Å². The van der Waals surface area contributed by atoms with Crippen LogP contribution in [0.1, 0.15) is 50.7 Å². The normalized spacial score (nSPS) is 12.3. The number of aliphatic hydroxyl groups is 1. The predicted molar refractivity (Wildman–Crippen MR) is 63.8 cm³/mol. The van der Waals surface area contributed by atoms with Gasteiger partial charge < -0.3 is 9.67 Å². The summed E-state index contributed by atoms with van der Waals surface area (Å²) in [6.07, 6.45) is 8.09. The zero-order valence-electron chi connectivity index (χ0n) is 9.89. The topological polar surface area (TPSA) is 49.0 Å². The van der Waals surface area contributed by atoms with Crippen molar-refractivity contribution in [3.63, 3.8) is 0 Å². The molecule has 1 atom stereocenters. The second-order valence-electron chi connectivity index (χ2n) is 4.10. The van der Waals surface area contributed by atoms with Crippen molar-refractivity contribution in [2.75, 3.05) is 0 Å². The van der Waals surface area contributed by atoms with Crippen LogP contribution in [0.4, 0.5) is 0 Å². The molecule has 0 aliphatic heterocycles. The van der Waals surface area contributed by atoms with Crippen molar-refractivity contribution in [2.45, 2.75) is 51.7 Å². The van der Waals surface area contributed by atoms with E-state index in [4.69, 9.17) is 5.26 Å². The lowest BCUT2D eigenvalue weighted by Gasteiger charge is -2.06. The van der Waals surface area contributed by atoms with Crippen molar-refractivity contribution in [1.82, 2.24) is 4.57 Å². The summed E-state index contributed by atoms with van der Waals surface area (Å²) in [6, 6.07) is 4.12. The van der Waals surface area contributed by atoms with E-state index in [1.807, 2.05) is 18.5 Å². The van der Waals surface area contributed by atoms with E-state index in [1.165, 1.54) is 0 Å². The molecule has 0 saturated heterocycles. The summed E-state index contributed by atoms with van der Waals surface area (Å²) >= 11 is 0. The van der Waals surface area contributed by atoms with Crippen LogP contribution >= 0.6 is 0 Å². The van der Waals surface area contributed by atoms with Crippen LogP contribution < -0.4 is 0 Å². The van der Waals surface area contributed by atoms with Gasteiger partial charge in [-0.1, -0.05) is 13.3 Å². The highest BCUT2D eigenvalue weighted by atomic mass is 16.3. The predicted octanol–water partition coefficient (Wildman–Crippen LogP) is 3.02. The maximum absolute atomic E-state index is 9.79. The lowest BCUT2D eigenvalue weighted by molar-refractivity contribution is 0.166. The minimum atomic E-state index is -0.328. The average Bonchev–Trinajstić information content (AvgIpc) is 2.73. The number of aromatic nitrogens is 1. The van der Waals surface area contributed by atoms with Crippen LogP contribution in [0, 0.1) is 11.3 Å². The van der Waals surface area contributed by atoms with Gasteiger partial charge in [-0.15, -0.1) is 0 Å². The van der Waals surface area contributed by atoms with Crippen LogP contribution in [0.3, 0.4) is 0 Å². The Bertz CT molecular complexity index is 338. The summed E-state index contributed by atoms with van der Waals surface area (Å²) in [6.45, 7) is 3.00. The molecule has 0 aromatic carbocycles. The SMILES string of the molecule is CCCC(O)c1ccn(CCCCC#N)c1. The molecule has 0 amide bonds. The van der Waals surface area contributed by atoms with Crippen LogP contribution in [0.5, 0.6) is 0 Å². The number of aliphatic hydroxyl groups excluding tert-OH is 1. The van der Waals surface area contributed by atoms with E-state index in [1.54, 1.807) is 0 Å². The molecular formula is C13H20N2O. The fraction of sp³-hybridized carbons (Fsp3) is 0.615. The second-order valence-corrected chi connectivity index (χ2v) is 4.10. The number of rotatable bonds is 7. The van der Waals surface area contributed by atoms with E-state index >= 15 is 0 Å². The van der Waals surface area contributed by atoms with Gasteiger partial charge in [-0.25, -0.2) is 0 Å². The first-order valence-corrected chi connectivity index (χ1v) is 5.98. The number of nitrogens with zero attached hydrogens (tertiary/aromatic N) is 2. The third kappa shape index (κ3) is 4.08. The molecule has 3 heteroatoms. The first-order chi connectivity index (χ1) is 7.77. The lowest BCUT2D eigenvalue weighted by Crippen LogP contribution is -1.97. The van der Waals surface area contributed by atoms with E-state index in [-0.39, 0.29) is 6.10 Å². The third-order valence-electron chi connectivity index (χ3n) is 2.68. The standard InChI is InChI=1S/C13H20N2O/c1-2-6-13(16)12-7-10-15(11-12)9-5-3-4-8-14/h7,10-11,13,16H,2-6,9H2,1H3. The van der Waals surface area contributed by atoms with Crippen LogP contribution in [0.15, 0.2) is 18.5 Å². The van der Waals surface area contributed by atoms with Gasteiger partial charge in [-0.3, -0.25) is 0 Å². The summed E-state index contributed by atoms with van der Waals surface area (Å²) in [5.74, 6) is 0. The van der Waals surface area contributed by atoms with Gasteiger partial charge in [-0.05, 0) is 30.9 Å². The number of aryl methyl sites for hydroxylation is 1. The van der Waals surface area contributed by atoms with E-state index in [0.717, 1.165) is 37.8 Å². The fourth-order valence-corrected chi connectivity index (χ4v) is 1.73. The van der Waals surface area contributed by atoms with E-state index in [0.29, 0.717) is 6.42 Å². The smallest absolute Gasteiger partial charge is 0.0804 e. The largest absolute Gasteiger partial charge is 0.388 e. The molecule has 1 aromatic rings. The molecule has 0 aliphatic rings. The Morgan fingerprint density at radius 2 is 2.31 bits per heavy atom. The van der Waals surface area contributed by atoms with Crippen molar-refractivity contribution in [1.29, 1.82) is 5.26 Å². The Hall–Kier alpha value is -1.27. The minimum Gasteiger partial charge on any atom is -0.388 e. The Kier molecular flexibility index (Phi) is 5.66. The molecule has 0 bridgehead atoms. The van der Waals surface area contributed by atoms with Gasteiger partial charge in [-0.2, -0.15) is 5.26 Å². The molecular weight excluding hydrogens is 200 g/mol. The third-order valence-corrected chi connectivity index (χ3v) is 2.68. The van der Waals surface area contributed by atoms with Crippen molar-refractivity contribution in [2.24, 2.45) is 0 Å². The highest BCUT2D eigenvalue weighted by Gasteiger charge is 2.07. The molecule has 1 N–H and O–H groups in total. The second kappa shape index (κ2) is 7.08. The van der Waals surface area contributed by atoms with Crippen LogP contribution in [-0.4, -0.2) is 9.67 Å². The van der Waals surface area contributed by atoms with Gasteiger partial charge in [0.05, 0.1) is 12.2 Å². The van der Waals surface area contributed by atoms with Crippen molar-refractivity contribution < 1.29 is 5.11 Å². The van der Waals surface area contributed by atoms with Gasteiger partial charge in [0.25, 0.3) is 0 Å². The maximum Gasteiger partial charge on any atom is 0.0804 e. The van der Waals surface area contributed by atoms with Crippen molar-refractivity contribution >= 4 is 0 Å². The minimum absolute atomic E-state index is 0.328. The molecule has 0 spiro atoms. The molecule has 0 fully saturated rings. The number of hydrogen-bond acceptors (Lipinski definition) is 2. The van der Waals surface area contributed by atoms with Gasteiger partial charge in [0.1, 0.15) is 0 Å². The number of unbranched alkanes of at least 4 members (excludes halogenated alkanes) is 2. The Balaban J connectivity index is 2.36. The van der Waals surface area contributed by atoms with E-state index in [9.17, 15) is 5.11 Å². The molecule has 1 heterocycles. The average molecular weight is 220 g/mol. The summed E-state index contributed by atoms with van der Waals surface area (Å²) < 4.78 is 2.09. The zero-order chi connectivity index (χ0) is 11.8. The zero-order valence-corrected chi connectivity index (χ0v) is 9.89. The summed E-state index contributed by atoms with van der Waals surface area (Å²) in [5.41, 5.74) is 1.00. The van der Waals surface area contributed by atoms with E-state index < -0.39 is 0 Å². The molecule has 0 saturated carbocycles. The number of nitriles is 1. The first-order valence-electron chi connectivity index (χ1n) is 5.98. The molecule has 0 aliphatic carbocycles. The van der Waals surface area contributed by atoms with Crippen LogP contribution in [-0.2, 0) is 6.54 Å². The van der Waals surface area contributed by atoms with Gasteiger partial charge in [0, 0.05) is 25.4 Å².